The number of nitrogens with one attached hydrogen (secondary N) is 2. The van der Waals surface area contributed by atoms with Crippen molar-refractivity contribution in [2.75, 3.05) is 13.2 Å². The molecule has 0 fully saturated rings. The fourth-order valence-electron chi connectivity index (χ4n) is 1.93. The van der Waals surface area contributed by atoms with Crippen molar-refractivity contribution in [1.29, 1.82) is 0 Å². The fraction of sp³-hybridized carbons (Fsp3) is 0.167. The van der Waals surface area contributed by atoms with E-state index >= 15 is 0 Å². The van der Waals surface area contributed by atoms with Crippen LogP contribution in [-0.4, -0.2) is 31.2 Å². The van der Waals surface area contributed by atoms with Gasteiger partial charge in [0.25, 0.3) is 11.8 Å². The average Bonchev–Trinajstić information content (AvgIpc) is 2.63. The number of benzene rings is 2. The van der Waals surface area contributed by atoms with Crippen LogP contribution in [0.15, 0.2) is 47.6 Å². The number of amides is 2. The molecular weight excluding hydrogens is 377 g/mol. The van der Waals surface area contributed by atoms with E-state index in [9.17, 15) is 9.59 Å². The molecule has 2 aromatic rings. The summed E-state index contributed by atoms with van der Waals surface area (Å²) in [6.45, 7) is 1.47. The van der Waals surface area contributed by atoms with Crippen molar-refractivity contribution in [3.05, 3.63) is 63.6 Å². The summed E-state index contributed by atoms with van der Waals surface area (Å²) in [5.74, 6) is -0.274. The Balaban J connectivity index is 1.73. The van der Waals surface area contributed by atoms with Gasteiger partial charge in [0.05, 0.1) is 22.8 Å². The maximum absolute atomic E-state index is 11.7. The number of hydrogen-bond donors (Lipinski definition) is 2. The lowest BCUT2D eigenvalue weighted by Gasteiger charge is -2.08. The van der Waals surface area contributed by atoms with Gasteiger partial charge in [-0.2, -0.15) is 5.10 Å². The number of hydrazone groups is 1. The second-order valence-corrected chi connectivity index (χ2v) is 6.05. The summed E-state index contributed by atoms with van der Waals surface area (Å²) in [4.78, 5) is 23.4. The predicted molar refractivity (Wildman–Crippen MR) is 102 cm³/mol. The molecule has 0 unspecified atom stereocenters. The summed E-state index contributed by atoms with van der Waals surface area (Å²) in [7, 11) is 0. The molecule has 0 heterocycles. The topological polar surface area (TPSA) is 79.8 Å². The maximum Gasteiger partial charge on any atom is 0.259 e. The van der Waals surface area contributed by atoms with Crippen LogP contribution in [0.3, 0.4) is 0 Å². The molecule has 0 radical (unpaired) electrons. The highest BCUT2D eigenvalue weighted by Crippen LogP contribution is 2.24. The number of aryl methyl sites for hydroxylation is 1. The molecule has 0 saturated carbocycles. The van der Waals surface area contributed by atoms with E-state index < -0.39 is 11.8 Å². The Morgan fingerprint density at radius 2 is 1.88 bits per heavy atom. The van der Waals surface area contributed by atoms with Gasteiger partial charge in [-0.1, -0.05) is 53.5 Å². The van der Waals surface area contributed by atoms with E-state index in [1.54, 1.807) is 24.3 Å². The molecule has 26 heavy (non-hydrogen) atoms. The molecule has 2 amide bonds. The molecular formula is C18H17Cl2N3O3. The van der Waals surface area contributed by atoms with Gasteiger partial charge in [0, 0.05) is 5.56 Å². The van der Waals surface area contributed by atoms with Crippen LogP contribution in [-0.2, 0) is 9.59 Å². The SMILES string of the molecule is Cc1ccccc1OCC(=O)NCC(=O)N/N=C\c1cccc(Cl)c1Cl. The van der Waals surface area contributed by atoms with Crippen molar-refractivity contribution in [3.8, 4) is 5.75 Å². The molecule has 2 N–H and O–H groups in total. The lowest BCUT2D eigenvalue weighted by molar-refractivity contribution is -0.127. The number of carbonyl (C=O) groups is 2. The van der Waals surface area contributed by atoms with Crippen LogP contribution in [0.1, 0.15) is 11.1 Å². The number of halogens is 2. The lowest BCUT2D eigenvalue weighted by atomic mass is 10.2. The number of carbonyl (C=O) groups excluding carboxylic acids is 2. The third-order valence-corrected chi connectivity index (χ3v) is 4.11. The number of ether oxygens (including phenoxy) is 1. The Hall–Kier alpha value is -2.57. The molecule has 8 heteroatoms. The smallest absolute Gasteiger partial charge is 0.259 e. The summed E-state index contributed by atoms with van der Waals surface area (Å²) >= 11 is 11.9. The first-order valence-corrected chi connectivity index (χ1v) is 8.44. The Labute approximate surface area is 161 Å². The minimum Gasteiger partial charge on any atom is -0.484 e. The summed E-state index contributed by atoms with van der Waals surface area (Å²) in [5, 5.41) is 6.95. The second kappa shape index (κ2) is 9.79. The van der Waals surface area contributed by atoms with Crippen LogP contribution >= 0.6 is 23.2 Å². The van der Waals surface area contributed by atoms with Crippen molar-refractivity contribution in [2.24, 2.45) is 5.10 Å². The standard InChI is InChI=1S/C18H17Cl2N3O3/c1-12-5-2-3-8-15(12)26-11-17(25)21-10-16(24)23-22-9-13-6-4-7-14(19)18(13)20/h2-9H,10-11H2,1H3,(H,21,25)(H,23,24)/b22-9-. The Morgan fingerprint density at radius 3 is 2.65 bits per heavy atom. The minimum absolute atomic E-state index is 0.181. The molecule has 0 aliphatic heterocycles. The van der Waals surface area contributed by atoms with Crippen LogP contribution in [0, 0.1) is 6.92 Å². The second-order valence-electron chi connectivity index (χ2n) is 5.27. The van der Waals surface area contributed by atoms with E-state index in [0.717, 1.165) is 5.56 Å². The van der Waals surface area contributed by atoms with Gasteiger partial charge < -0.3 is 10.1 Å². The van der Waals surface area contributed by atoms with E-state index in [0.29, 0.717) is 21.4 Å². The Kier molecular flexibility index (Phi) is 7.44. The molecule has 6 nitrogen and oxygen atoms in total. The van der Waals surface area contributed by atoms with Crippen LogP contribution in [0.4, 0.5) is 0 Å². The summed E-state index contributed by atoms with van der Waals surface area (Å²) in [6, 6.07) is 12.4. The van der Waals surface area contributed by atoms with Crippen LogP contribution in [0.5, 0.6) is 5.75 Å². The molecule has 0 atom stereocenters. The van der Waals surface area contributed by atoms with E-state index in [1.807, 2.05) is 25.1 Å². The highest BCUT2D eigenvalue weighted by atomic mass is 35.5. The monoisotopic (exact) mass is 393 g/mol. The molecule has 0 aromatic heterocycles. The first kappa shape index (κ1) is 19.8. The lowest BCUT2D eigenvalue weighted by Crippen LogP contribution is -2.37. The number of hydrogen-bond acceptors (Lipinski definition) is 4. The normalized spacial score (nSPS) is 10.6. The van der Waals surface area contributed by atoms with Gasteiger partial charge in [-0.25, -0.2) is 5.43 Å². The molecule has 2 aromatic carbocycles. The zero-order valence-electron chi connectivity index (χ0n) is 14.0. The van der Waals surface area contributed by atoms with Crippen LogP contribution < -0.4 is 15.5 Å². The first-order chi connectivity index (χ1) is 12.5. The molecule has 0 saturated heterocycles. The largest absolute Gasteiger partial charge is 0.484 e. The van der Waals surface area contributed by atoms with Gasteiger partial charge in [-0.3, -0.25) is 9.59 Å². The quantitative estimate of drug-likeness (QED) is 0.560. The third-order valence-electron chi connectivity index (χ3n) is 3.27. The first-order valence-electron chi connectivity index (χ1n) is 7.68. The zero-order valence-corrected chi connectivity index (χ0v) is 15.5. The molecule has 0 aliphatic carbocycles. The van der Waals surface area contributed by atoms with Gasteiger partial charge in [0.15, 0.2) is 6.61 Å². The molecule has 0 spiro atoms. The minimum atomic E-state index is -0.483. The predicted octanol–water partition coefficient (Wildman–Crippen LogP) is 2.95. The molecule has 0 aliphatic rings. The number of rotatable bonds is 7. The highest BCUT2D eigenvalue weighted by molar-refractivity contribution is 6.43. The average molecular weight is 394 g/mol. The van der Waals surface area contributed by atoms with Crippen LogP contribution in [0.2, 0.25) is 10.0 Å². The van der Waals surface area contributed by atoms with Crippen molar-refractivity contribution >= 4 is 41.2 Å². The highest BCUT2D eigenvalue weighted by Gasteiger charge is 2.07. The van der Waals surface area contributed by atoms with Crippen molar-refractivity contribution in [1.82, 2.24) is 10.7 Å². The summed E-state index contributed by atoms with van der Waals surface area (Å²) in [5.41, 5.74) is 3.78. The van der Waals surface area contributed by atoms with E-state index in [2.05, 4.69) is 15.8 Å². The third kappa shape index (κ3) is 6.06. The molecule has 0 bridgehead atoms. The summed E-state index contributed by atoms with van der Waals surface area (Å²) < 4.78 is 5.39. The zero-order chi connectivity index (χ0) is 18.9. The molecule has 136 valence electrons. The van der Waals surface area contributed by atoms with E-state index in [1.165, 1.54) is 6.21 Å². The van der Waals surface area contributed by atoms with Crippen molar-refractivity contribution in [2.45, 2.75) is 6.92 Å². The van der Waals surface area contributed by atoms with Gasteiger partial charge in [0.1, 0.15) is 5.75 Å². The Morgan fingerprint density at radius 1 is 1.12 bits per heavy atom. The van der Waals surface area contributed by atoms with Gasteiger partial charge >= 0.3 is 0 Å². The molecule has 2 rings (SSSR count). The Bertz CT molecular complexity index is 825. The van der Waals surface area contributed by atoms with Gasteiger partial charge in [-0.05, 0) is 24.6 Å². The van der Waals surface area contributed by atoms with E-state index in [-0.39, 0.29) is 13.2 Å². The van der Waals surface area contributed by atoms with E-state index in [4.69, 9.17) is 27.9 Å². The summed E-state index contributed by atoms with van der Waals surface area (Å²) in [6.07, 6.45) is 1.37. The van der Waals surface area contributed by atoms with Crippen molar-refractivity contribution in [3.63, 3.8) is 0 Å². The van der Waals surface area contributed by atoms with Gasteiger partial charge in [-0.15, -0.1) is 0 Å². The van der Waals surface area contributed by atoms with Gasteiger partial charge in [0.2, 0.25) is 0 Å². The maximum atomic E-state index is 11.7. The van der Waals surface area contributed by atoms with Crippen molar-refractivity contribution < 1.29 is 14.3 Å². The number of nitrogens with zero attached hydrogens (tertiary/aromatic N) is 1. The number of para-hydroxylation sites is 1. The van der Waals surface area contributed by atoms with Crippen LogP contribution in [0.25, 0.3) is 0 Å². The fourth-order valence-corrected chi connectivity index (χ4v) is 2.28.